The van der Waals surface area contributed by atoms with Crippen LogP contribution in [0.25, 0.3) is 0 Å². The van der Waals surface area contributed by atoms with Crippen molar-refractivity contribution in [1.29, 1.82) is 0 Å². The summed E-state index contributed by atoms with van der Waals surface area (Å²) in [6, 6.07) is 3.73. The maximum absolute atomic E-state index is 13.5. The summed E-state index contributed by atoms with van der Waals surface area (Å²) in [5, 5.41) is 2.29. The number of hydrogen-bond acceptors (Lipinski definition) is 3. The number of halogens is 4. The second-order valence-electron chi connectivity index (χ2n) is 4.52. The van der Waals surface area contributed by atoms with Gasteiger partial charge in [0.1, 0.15) is 0 Å². The smallest absolute Gasteiger partial charge is 0.402 e. The van der Waals surface area contributed by atoms with E-state index >= 15 is 0 Å². The molecule has 1 aromatic rings. The fraction of sp³-hybridized carbons (Fsp3) is 0.462. The number of fused-ring (bicyclic) bond motifs is 1. The van der Waals surface area contributed by atoms with E-state index < -0.39 is 18.1 Å². The van der Waals surface area contributed by atoms with E-state index in [0.717, 1.165) is 6.07 Å². The van der Waals surface area contributed by atoms with Gasteiger partial charge in [-0.3, -0.25) is 5.32 Å². The lowest BCUT2D eigenvalue weighted by molar-refractivity contribution is -0.371. The first-order valence-electron chi connectivity index (χ1n) is 6.31. The number of alkyl halides is 3. The molecule has 1 aliphatic heterocycles. The van der Waals surface area contributed by atoms with Crippen molar-refractivity contribution >= 4 is 23.4 Å². The molecule has 0 spiro atoms. The highest BCUT2D eigenvalue weighted by Gasteiger charge is 2.64. The van der Waals surface area contributed by atoms with Crippen LogP contribution in [0.3, 0.4) is 0 Å². The summed E-state index contributed by atoms with van der Waals surface area (Å²) in [6.07, 6.45) is -5.11. The molecule has 0 radical (unpaired) electrons. The number of carbonyl (C=O) groups excluding carboxylic acids is 1. The molecule has 1 aromatic carbocycles. The first-order valence-corrected chi connectivity index (χ1v) is 6.68. The van der Waals surface area contributed by atoms with Crippen LogP contribution in [0.15, 0.2) is 18.2 Å². The van der Waals surface area contributed by atoms with Gasteiger partial charge in [0, 0.05) is 5.02 Å². The lowest BCUT2D eigenvalue weighted by Crippen LogP contribution is -2.52. The molecule has 0 aromatic heterocycles. The zero-order valence-corrected chi connectivity index (χ0v) is 11.8. The first-order chi connectivity index (χ1) is 9.80. The Kier molecular flexibility index (Phi) is 4.34. The van der Waals surface area contributed by atoms with Crippen LogP contribution in [-0.2, 0) is 15.3 Å². The van der Waals surface area contributed by atoms with Crippen molar-refractivity contribution in [3.63, 3.8) is 0 Å². The molecular formula is C13H13ClF3NO3. The van der Waals surface area contributed by atoms with Crippen LogP contribution in [0.1, 0.15) is 25.3 Å². The minimum absolute atomic E-state index is 0.0375. The second-order valence-corrected chi connectivity index (χ2v) is 4.96. The summed E-state index contributed by atoms with van der Waals surface area (Å²) in [4.78, 5) is 11.5. The third-order valence-electron chi connectivity index (χ3n) is 2.99. The van der Waals surface area contributed by atoms with Crippen LogP contribution in [-0.4, -0.2) is 18.9 Å². The van der Waals surface area contributed by atoms with Crippen LogP contribution >= 0.6 is 11.6 Å². The lowest BCUT2D eigenvalue weighted by Gasteiger charge is -2.38. The number of nitrogens with one attached hydrogen (secondary N) is 1. The largest absolute Gasteiger partial charge is 0.460 e. The lowest BCUT2D eigenvalue weighted by atomic mass is 10.0. The number of amides is 1. The van der Waals surface area contributed by atoms with E-state index in [0.29, 0.717) is 12.8 Å². The number of anilines is 1. The molecule has 0 unspecified atom stereocenters. The maximum atomic E-state index is 13.5. The Hall–Kier alpha value is -1.47. The summed E-state index contributed by atoms with van der Waals surface area (Å²) in [7, 11) is 0. The summed E-state index contributed by atoms with van der Waals surface area (Å²) in [5.41, 5.74) is -0.400. The number of ether oxygens (including phenoxy) is 2. The molecule has 1 amide bonds. The molecule has 0 saturated heterocycles. The van der Waals surface area contributed by atoms with Crippen molar-refractivity contribution in [2.75, 3.05) is 11.9 Å². The number of unbranched alkanes of at least 4 members (excludes halogenated alkanes) is 1. The molecule has 1 atom stereocenters. The highest BCUT2D eigenvalue weighted by Crippen LogP contribution is 2.49. The average molecular weight is 324 g/mol. The van der Waals surface area contributed by atoms with Gasteiger partial charge in [-0.15, -0.1) is 0 Å². The van der Waals surface area contributed by atoms with Crippen LogP contribution in [0, 0.1) is 0 Å². The Morgan fingerprint density at radius 1 is 1.43 bits per heavy atom. The van der Waals surface area contributed by atoms with Crippen molar-refractivity contribution in [2.24, 2.45) is 0 Å². The van der Waals surface area contributed by atoms with Gasteiger partial charge in [-0.2, -0.15) is 13.2 Å². The molecule has 4 nitrogen and oxygen atoms in total. The fourth-order valence-corrected chi connectivity index (χ4v) is 2.15. The minimum atomic E-state index is -4.93. The highest BCUT2D eigenvalue weighted by atomic mass is 35.5. The van der Waals surface area contributed by atoms with Gasteiger partial charge in [0.05, 0.1) is 17.9 Å². The zero-order chi connectivity index (χ0) is 15.7. The highest BCUT2D eigenvalue weighted by molar-refractivity contribution is 6.30. The van der Waals surface area contributed by atoms with E-state index in [1.807, 2.05) is 6.92 Å². The van der Waals surface area contributed by atoms with Crippen molar-refractivity contribution in [1.82, 2.24) is 0 Å². The molecule has 1 heterocycles. The Morgan fingerprint density at radius 3 is 2.76 bits per heavy atom. The molecule has 21 heavy (non-hydrogen) atoms. The Morgan fingerprint density at radius 2 is 2.14 bits per heavy atom. The third-order valence-corrected chi connectivity index (χ3v) is 3.22. The van der Waals surface area contributed by atoms with Crippen LogP contribution in [0.4, 0.5) is 23.7 Å². The molecule has 1 N–H and O–H groups in total. The van der Waals surface area contributed by atoms with Gasteiger partial charge in [-0.1, -0.05) is 24.9 Å². The third kappa shape index (κ3) is 2.94. The fourth-order valence-electron chi connectivity index (χ4n) is 1.98. The molecule has 8 heteroatoms. The van der Waals surface area contributed by atoms with Crippen LogP contribution < -0.4 is 5.32 Å². The number of hydrogen-bond donors (Lipinski definition) is 1. The maximum Gasteiger partial charge on any atom is 0.460 e. The molecule has 116 valence electrons. The Bertz CT molecular complexity index is 550. The van der Waals surface area contributed by atoms with Gasteiger partial charge in [-0.05, 0) is 24.6 Å². The number of rotatable bonds is 4. The van der Waals surface area contributed by atoms with Crippen molar-refractivity contribution in [2.45, 2.75) is 31.7 Å². The number of carbonyl (C=O) groups is 1. The predicted molar refractivity (Wildman–Crippen MR) is 70.1 cm³/mol. The molecule has 0 fully saturated rings. The van der Waals surface area contributed by atoms with Gasteiger partial charge in [0.15, 0.2) is 0 Å². The molecule has 2 rings (SSSR count). The van der Waals surface area contributed by atoms with E-state index in [2.05, 4.69) is 10.1 Å². The zero-order valence-electron chi connectivity index (χ0n) is 11.1. The van der Waals surface area contributed by atoms with E-state index in [9.17, 15) is 18.0 Å². The predicted octanol–water partition coefficient (Wildman–Crippen LogP) is 4.43. The van der Waals surface area contributed by atoms with Crippen LogP contribution in [0.2, 0.25) is 5.02 Å². The van der Waals surface area contributed by atoms with Gasteiger partial charge < -0.3 is 9.47 Å². The second kappa shape index (κ2) is 5.73. The Balaban J connectivity index is 2.53. The SMILES string of the molecule is CCCCO[C@]1(C(F)(F)F)OC(=O)Nc2ccc(Cl)cc21. The first kappa shape index (κ1) is 15.9. The van der Waals surface area contributed by atoms with E-state index in [-0.39, 0.29) is 22.9 Å². The van der Waals surface area contributed by atoms with E-state index in [1.54, 1.807) is 0 Å². The van der Waals surface area contributed by atoms with E-state index in [1.165, 1.54) is 12.1 Å². The van der Waals surface area contributed by atoms with Gasteiger partial charge in [-0.25, -0.2) is 4.79 Å². The Labute approximate surface area is 124 Å². The van der Waals surface area contributed by atoms with Gasteiger partial charge in [0.25, 0.3) is 0 Å². The standard InChI is InChI=1S/C13H13ClF3NO3/c1-2-3-6-20-12(13(15,16)17)9-7-8(14)4-5-10(9)18-11(19)21-12/h4-5,7H,2-3,6H2,1H3,(H,18,19)/t12-/m0/s1. The molecular weight excluding hydrogens is 311 g/mol. The monoisotopic (exact) mass is 323 g/mol. The normalized spacial score (nSPS) is 21.5. The average Bonchev–Trinajstić information content (AvgIpc) is 2.38. The summed E-state index contributed by atoms with van der Waals surface area (Å²) in [6.45, 7) is 1.61. The van der Waals surface area contributed by atoms with Crippen molar-refractivity contribution in [3.8, 4) is 0 Å². The molecule has 0 bridgehead atoms. The number of benzene rings is 1. The summed E-state index contributed by atoms with van der Waals surface area (Å²) >= 11 is 5.76. The molecule has 1 aliphatic rings. The summed E-state index contributed by atoms with van der Waals surface area (Å²) in [5.74, 6) is -3.13. The van der Waals surface area contributed by atoms with Gasteiger partial charge in [0.2, 0.25) is 0 Å². The molecule has 0 aliphatic carbocycles. The number of cyclic esters (lactones) is 1. The van der Waals surface area contributed by atoms with Crippen molar-refractivity contribution < 1.29 is 27.4 Å². The molecule has 0 saturated carbocycles. The summed E-state index contributed by atoms with van der Waals surface area (Å²) < 4.78 is 50.1. The van der Waals surface area contributed by atoms with Crippen molar-refractivity contribution in [3.05, 3.63) is 28.8 Å². The van der Waals surface area contributed by atoms with Crippen LogP contribution in [0.5, 0.6) is 0 Å². The topological polar surface area (TPSA) is 47.6 Å². The van der Waals surface area contributed by atoms with E-state index in [4.69, 9.17) is 16.3 Å². The van der Waals surface area contributed by atoms with Gasteiger partial charge >= 0.3 is 18.1 Å². The quantitative estimate of drug-likeness (QED) is 0.834. The minimum Gasteiger partial charge on any atom is -0.402 e.